The van der Waals surface area contributed by atoms with Crippen LogP contribution in [0.15, 0.2) is 12.2 Å². The van der Waals surface area contributed by atoms with Crippen LogP contribution in [0.4, 0.5) is 0 Å². The molecule has 0 amide bonds. The fourth-order valence-electron chi connectivity index (χ4n) is 6.37. The number of rotatable bonds is 40. The van der Waals surface area contributed by atoms with E-state index in [4.69, 9.17) is 29.6 Å². The number of carbonyl (C=O) groups is 3. The van der Waals surface area contributed by atoms with Crippen LogP contribution < -0.4 is 5.73 Å². The van der Waals surface area contributed by atoms with Crippen molar-refractivity contribution in [2.24, 2.45) is 5.73 Å². The SMILES string of the molecule is CCCCC/C=C\CC1OC1CCCCCCCC(=O)OC[C@H](COP(=O)(O)OC[C@H](N)C(=O)O)OC(=O)CCCCCCCCCCCCCCCCC. The van der Waals surface area contributed by atoms with Crippen molar-refractivity contribution in [3.05, 3.63) is 12.2 Å². The van der Waals surface area contributed by atoms with E-state index >= 15 is 0 Å². The zero-order valence-corrected chi connectivity index (χ0v) is 35.4. The van der Waals surface area contributed by atoms with Gasteiger partial charge in [-0.25, -0.2) is 4.57 Å². The topological polar surface area (TPSA) is 184 Å². The lowest BCUT2D eigenvalue weighted by atomic mass is 10.0. The summed E-state index contributed by atoms with van der Waals surface area (Å²) in [4.78, 5) is 46.0. The highest BCUT2D eigenvalue weighted by Crippen LogP contribution is 2.43. The van der Waals surface area contributed by atoms with Gasteiger partial charge in [-0.1, -0.05) is 154 Å². The minimum Gasteiger partial charge on any atom is -0.480 e. The molecule has 1 rings (SSSR count). The first-order valence-corrected chi connectivity index (χ1v) is 23.3. The van der Waals surface area contributed by atoms with Crippen LogP contribution in [0.25, 0.3) is 0 Å². The molecule has 1 fully saturated rings. The zero-order chi connectivity index (χ0) is 40.4. The van der Waals surface area contributed by atoms with Crippen molar-refractivity contribution in [1.29, 1.82) is 0 Å². The Kier molecular flexibility index (Phi) is 31.9. The van der Waals surface area contributed by atoms with Crippen LogP contribution in [-0.2, 0) is 42.2 Å². The molecule has 1 saturated heterocycles. The lowest BCUT2D eigenvalue weighted by molar-refractivity contribution is -0.161. The number of hydrogen-bond donors (Lipinski definition) is 3. The van der Waals surface area contributed by atoms with Gasteiger partial charge in [-0.15, -0.1) is 0 Å². The average molecular weight is 804 g/mol. The summed E-state index contributed by atoms with van der Waals surface area (Å²) in [6.45, 7) is 2.76. The number of carboxylic acids is 1. The third-order valence-electron chi connectivity index (χ3n) is 9.94. The van der Waals surface area contributed by atoms with Gasteiger partial charge in [-0.3, -0.25) is 23.4 Å². The van der Waals surface area contributed by atoms with Crippen LogP contribution in [-0.4, -0.2) is 72.1 Å². The van der Waals surface area contributed by atoms with E-state index in [9.17, 15) is 23.8 Å². The average Bonchev–Trinajstić information content (AvgIpc) is 3.91. The van der Waals surface area contributed by atoms with Crippen LogP contribution in [0.3, 0.4) is 0 Å². The Labute approximate surface area is 333 Å². The number of carboxylic acid groups (broad SMARTS) is 1. The number of unbranched alkanes of at least 4 members (excludes halogenated alkanes) is 21. The van der Waals surface area contributed by atoms with Crippen molar-refractivity contribution >= 4 is 25.7 Å². The summed E-state index contributed by atoms with van der Waals surface area (Å²) in [6, 6.07) is -1.52. The molecule has 0 aromatic carbocycles. The molecule has 0 aliphatic carbocycles. The smallest absolute Gasteiger partial charge is 0.472 e. The van der Waals surface area contributed by atoms with Crippen LogP contribution in [0.1, 0.15) is 194 Å². The second kappa shape index (κ2) is 34.2. The number of carbonyl (C=O) groups excluding carboxylic acids is 2. The Bertz CT molecular complexity index is 1060. The first-order chi connectivity index (χ1) is 26.6. The van der Waals surface area contributed by atoms with Gasteiger partial charge in [0.05, 0.1) is 25.4 Å². The number of phosphoric ester groups is 1. The fourth-order valence-corrected chi connectivity index (χ4v) is 7.14. The van der Waals surface area contributed by atoms with E-state index in [1.54, 1.807) is 0 Å². The molecule has 4 N–H and O–H groups in total. The Balaban J connectivity index is 2.28. The fraction of sp³-hybridized carbons (Fsp3) is 0.881. The largest absolute Gasteiger partial charge is 0.480 e. The van der Waals surface area contributed by atoms with Gasteiger partial charge < -0.3 is 29.9 Å². The molecule has 0 bridgehead atoms. The van der Waals surface area contributed by atoms with Gasteiger partial charge in [0.2, 0.25) is 0 Å². The van der Waals surface area contributed by atoms with Crippen molar-refractivity contribution < 1.29 is 52.2 Å². The Morgan fingerprint density at radius 3 is 1.71 bits per heavy atom. The molecule has 55 heavy (non-hydrogen) atoms. The van der Waals surface area contributed by atoms with E-state index in [-0.39, 0.29) is 19.4 Å². The van der Waals surface area contributed by atoms with Gasteiger partial charge in [0.15, 0.2) is 6.10 Å². The summed E-state index contributed by atoms with van der Waals surface area (Å²) in [7, 11) is -4.72. The Hall–Kier alpha value is -1.82. The monoisotopic (exact) mass is 804 g/mol. The maximum Gasteiger partial charge on any atom is 0.472 e. The molecule has 0 aromatic heterocycles. The molecule has 1 aliphatic rings. The van der Waals surface area contributed by atoms with Crippen LogP contribution in [0.2, 0.25) is 0 Å². The number of allylic oxidation sites excluding steroid dienone is 1. The first-order valence-electron chi connectivity index (χ1n) is 21.8. The number of aliphatic carboxylic acids is 1. The summed E-state index contributed by atoms with van der Waals surface area (Å²) in [5.74, 6) is -2.39. The molecule has 12 nitrogen and oxygen atoms in total. The molecule has 1 heterocycles. The summed E-state index contributed by atoms with van der Waals surface area (Å²) < 4.78 is 38.5. The second-order valence-electron chi connectivity index (χ2n) is 15.2. The molecule has 0 radical (unpaired) electrons. The lowest BCUT2D eigenvalue weighted by Crippen LogP contribution is -2.34. The van der Waals surface area contributed by atoms with Crippen LogP contribution in [0.5, 0.6) is 0 Å². The molecular formula is C42H78NO11P. The molecule has 0 spiro atoms. The van der Waals surface area contributed by atoms with E-state index in [2.05, 4.69) is 30.5 Å². The number of nitrogens with two attached hydrogens (primary N) is 1. The standard InChI is InChI=1S/C42H78NO11P/c1-3-5-7-9-11-12-13-14-15-16-17-18-19-23-28-32-41(45)53-36(34-51-55(48,49)52-35-37(43)42(46)47)33-50-40(44)31-27-24-20-22-26-30-39-38(54-39)29-25-21-10-8-6-4-2/h21,25,36-39H,3-20,22-24,26-35,43H2,1-2H3,(H,46,47)(H,48,49)/b25-21-/t36-,37+,38?,39?/m1/s1. The van der Waals surface area contributed by atoms with Crippen molar-refractivity contribution in [2.45, 2.75) is 218 Å². The number of phosphoric acid groups is 1. The van der Waals surface area contributed by atoms with Gasteiger partial charge in [-0.2, -0.15) is 0 Å². The van der Waals surface area contributed by atoms with E-state index < -0.39 is 51.1 Å². The second-order valence-corrected chi connectivity index (χ2v) is 16.7. The third-order valence-corrected chi connectivity index (χ3v) is 10.9. The lowest BCUT2D eigenvalue weighted by Gasteiger charge is -2.20. The summed E-state index contributed by atoms with van der Waals surface area (Å²) in [5.41, 5.74) is 5.33. The van der Waals surface area contributed by atoms with Gasteiger partial charge in [0.25, 0.3) is 0 Å². The minimum atomic E-state index is -4.72. The van der Waals surface area contributed by atoms with E-state index in [1.165, 1.54) is 89.9 Å². The van der Waals surface area contributed by atoms with Crippen molar-refractivity contribution in [1.82, 2.24) is 0 Å². The molecule has 0 aromatic rings. The zero-order valence-electron chi connectivity index (χ0n) is 34.5. The van der Waals surface area contributed by atoms with Crippen molar-refractivity contribution in [3.63, 3.8) is 0 Å². The van der Waals surface area contributed by atoms with Crippen LogP contribution in [0, 0.1) is 0 Å². The number of epoxide rings is 1. The van der Waals surface area contributed by atoms with Crippen molar-refractivity contribution in [2.75, 3.05) is 19.8 Å². The van der Waals surface area contributed by atoms with E-state index in [0.717, 1.165) is 64.2 Å². The van der Waals surface area contributed by atoms with Gasteiger partial charge in [0.1, 0.15) is 12.6 Å². The molecule has 0 saturated carbocycles. The maximum absolute atomic E-state index is 12.6. The van der Waals surface area contributed by atoms with Crippen molar-refractivity contribution in [3.8, 4) is 0 Å². The minimum absolute atomic E-state index is 0.160. The molecule has 13 heteroatoms. The molecule has 5 atom stereocenters. The van der Waals surface area contributed by atoms with Gasteiger partial charge in [-0.05, 0) is 38.5 Å². The van der Waals surface area contributed by atoms with Gasteiger partial charge in [0, 0.05) is 12.8 Å². The Morgan fingerprint density at radius 1 is 0.655 bits per heavy atom. The number of esters is 2. The summed E-state index contributed by atoms with van der Waals surface area (Å²) >= 11 is 0. The highest BCUT2D eigenvalue weighted by atomic mass is 31.2. The quantitative estimate of drug-likeness (QED) is 0.0175. The normalized spacial score (nSPS) is 17.5. The molecule has 1 aliphatic heterocycles. The maximum atomic E-state index is 12.6. The van der Waals surface area contributed by atoms with E-state index in [0.29, 0.717) is 25.0 Å². The van der Waals surface area contributed by atoms with E-state index in [1.807, 2.05) is 0 Å². The summed E-state index contributed by atoms with van der Waals surface area (Å²) in [6.07, 6.45) is 34.3. The highest BCUT2D eigenvalue weighted by Gasteiger charge is 2.36. The highest BCUT2D eigenvalue weighted by molar-refractivity contribution is 7.47. The molecular weight excluding hydrogens is 725 g/mol. The third kappa shape index (κ3) is 31.9. The number of ether oxygens (including phenoxy) is 3. The predicted octanol–water partition coefficient (Wildman–Crippen LogP) is 10.3. The van der Waals surface area contributed by atoms with Crippen LogP contribution >= 0.6 is 7.82 Å². The predicted molar refractivity (Wildman–Crippen MR) is 217 cm³/mol. The summed E-state index contributed by atoms with van der Waals surface area (Å²) in [5, 5.41) is 8.89. The number of hydrogen-bond acceptors (Lipinski definition) is 10. The van der Waals surface area contributed by atoms with Gasteiger partial charge >= 0.3 is 25.7 Å². The Morgan fingerprint density at radius 2 is 1.15 bits per heavy atom. The molecule has 322 valence electrons. The molecule has 3 unspecified atom stereocenters. The first kappa shape index (κ1) is 51.2.